The summed E-state index contributed by atoms with van der Waals surface area (Å²) in [6.07, 6.45) is 4.77. The second-order valence-corrected chi connectivity index (χ2v) is 6.26. The van der Waals surface area contributed by atoms with Crippen molar-refractivity contribution >= 4 is 11.6 Å². The fourth-order valence-electron chi connectivity index (χ4n) is 2.95. The highest BCUT2D eigenvalue weighted by Crippen LogP contribution is 2.21. The third kappa shape index (κ3) is 3.83. The molecule has 22 heavy (non-hydrogen) atoms. The topological polar surface area (TPSA) is 32.3 Å². The highest BCUT2D eigenvalue weighted by atomic mass is 35.5. The van der Waals surface area contributed by atoms with Crippen molar-refractivity contribution in [3.8, 4) is 0 Å². The summed E-state index contributed by atoms with van der Waals surface area (Å²) in [5, 5.41) is 0.858. The summed E-state index contributed by atoms with van der Waals surface area (Å²) in [5.41, 5.74) is 1.21. The summed E-state index contributed by atoms with van der Waals surface area (Å²) in [6.45, 7) is 3.89. The summed E-state index contributed by atoms with van der Waals surface area (Å²) >= 11 is 6.26. The van der Waals surface area contributed by atoms with E-state index in [2.05, 4.69) is 32.9 Å². The number of likely N-dealkylation sites (N-methyl/N-ethyl adjacent to an activating group) is 1. The maximum atomic E-state index is 6.26. The normalized spacial score (nSPS) is 19.0. The lowest BCUT2D eigenvalue weighted by Crippen LogP contribution is -2.34. The lowest BCUT2D eigenvalue weighted by Gasteiger charge is -2.24. The second kappa shape index (κ2) is 7.18. The second-order valence-electron chi connectivity index (χ2n) is 5.85. The molecule has 1 aromatic heterocycles. The number of benzene rings is 1. The molecule has 1 aliphatic heterocycles. The number of likely N-dealkylation sites (tertiary alicyclic amines) is 1. The van der Waals surface area contributed by atoms with Gasteiger partial charge in [-0.15, -0.1) is 0 Å². The first kappa shape index (κ1) is 15.4. The molecule has 1 atom stereocenters. The van der Waals surface area contributed by atoms with Crippen LogP contribution in [0.2, 0.25) is 5.02 Å². The Kier molecular flexibility index (Phi) is 5.03. The zero-order chi connectivity index (χ0) is 15.4. The molecule has 4 nitrogen and oxygen atoms in total. The van der Waals surface area contributed by atoms with Gasteiger partial charge in [-0.25, -0.2) is 9.97 Å². The summed E-state index contributed by atoms with van der Waals surface area (Å²) in [4.78, 5) is 13.4. The predicted octanol–water partition coefficient (Wildman–Crippen LogP) is 2.84. The van der Waals surface area contributed by atoms with E-state index in [1.165, 1.54) is 12.0 Å². The van der Waals surface area contributed by atoms with Gasteiger partial charge in [-0.1, -0.05) is 29.8 Å². The molecule has 0 amide bonds. The van der Waals surface area contributed by atoms with Gasteiger partial charge >= 0.3 is 0 Å². The van der Waals surface area contributed by atoms with Crippen LogP contribution in [-0.4, -0.2) is 45.9 Å². The van der Waals surface area contributed by atoms with Gasteiger partial charge < -0.3 is 0 Å². The van der Waals surface area contributed by atoms with Crippen molar-refractivity contribution in [3.63, 3.8) is 0 Å². The van der Waals surface area contributed by atoms with Crippen molar-refractivity contribution < 1.29 is 0 Å². The molecular weight excluding hydrogens is 296 g/mol. The van der Waals surface area contributed by atoms with E-state index in [4.69, 9.17) is 11.6 Å². The Balaban J connectivity index is 1.55. The third-order valence-electron chi connectivity index (χ3n) is 4.23. The van der Waals surface area contributed by atoms with Crippen molar-refractivity contribution in [3.05, 3.63) is 59.1 Å². The molecule has 2 aromatic rings. The zero-order valence-corrected chi connectivity index (χ0v) is 13.6. The van der Waals surface area contributed by atoms with Gasteiger partial charge in [0.25, 0.3) is 0 Å². The maximum absolute atomic E-state index is 6.26. The molecule has 1 saturated heterocycles. The maximum Gasteiger partial charge on any atom is 0.142 e. The summed E-state index contributed by atoms with van der Waals surface area (Å²) < 4.78 is 0. The fraction of sp³-hybridized carbons (Fsp3) is 0.412. The first-order valence-electron chi connectivity index (χ1n) is 7.64. The van der Waals surface area contributed by atoms with E-state index in [0.717, 1.165) is 37.0 Å². The molecule has 0 N–H and O–H groups in total. The minimum atomic E-state index is 0.547. The van der Waals surface area contributed by atoms with Gasteiger partial charge in [0.15, 0.2) is 0 Å². The molecule has 1 fully saturated rings. The van der Waals surface area contributed by atoms with E-state index in [-0.39, 0.29) is 0 Å². The highest BCUT2D eigenvalue weighted by Gasteiger charge is 2.26. The lowest BCUT2D eigenvalue weighted by atomic mass is 10.2. The number of hydrogen-bond acceptors (Lipinski definition) is 4. The van der Waals surface area contributed by atoms with Crippen LogP contribution in [0, 0.1) is 0 Å². The minimum Gasteiger partial charge on any atom is -0.297 e. The Hall–Kier alpha value is -1.49. The van der Waals surface area contributed by atoms with Gasteiger partial charge in [-0.05, 0) is 31.2 Å². The van der Waals surface area contributed by atoms with Crippen LogP contribution in [0.1, 0.15) is 17.8 Å². The van der Waals surface area contributed by atoms with Gasteiger partial charge in [0.05, 0.1) is 6.54 Å². The van der Waals surface area contributed by atoms with Crippen molar-refractivity contribution in [1.82, 2.24) is 19.8 Å². The number of aromatic nitrogens is 2. The Bertz CT molecular complexity index is 605. The smallest absolute Gasteiger partial charge is 0.142 e. The lowest BCUT2D eigenvalue weighted by molar-refractivity contribution is 0.218. The van der Waals surface area contributed by atoms with Gasteiger partial charge in [0.2, 0.25) is 0 Å². The van der Waals surface area contributed by atoms with Gasteiger partial charge in [-0.2, -0.15) is 0 Å². The Morgan fingerprint density at radius 3 is 2.77 bits per heavy atom. The van der Waals surface area contributed by atoms with Crippen molar-refractivity contribution in [1.29, 1.82) is 0 Å². The molecule has 5 heteroatoms. The van der Waals surface area contributed by atoms with E-state index < -0.39 is 0 Å². The summed E-state index contributed by atoms with van der Waals surface area (Å²) in [7, 11) is 2.15. The van der Waals surface area contributed by atoms with E-state index in [0.29, 0.717) is 6.04 Å². The predicted molar refractivity (Wildman–Crippen MR) is 88.6 cm³/mol. The molecule has 0 spiro atoms. The van der Waals surface area contributed by atoms with Gasteiger partial charge in [0.1, 0.15) is 5.82 Å². The van der Waals surface area contributed by atoms with E-state index in [1.807, 2.05) is 24.3 Å². The van der Waals surface area contributed by atoms with Gasteiger partial charge in [-0.3, -0.25) is 9.80 Å². The van der Waals surface area contributed by atoms with Gasteiger partial charge in [0, 0.05) is 43.1 Å². The highest BCUT2D eigenvalue weighted by molar-refractivity contribution is 6.31. The Morgan fingerprint density at radius 1 is 1.23 bits per heavy atom. The van der Waals surface area contributed by atoms with Crippen LogP contribution in [0.5, 0.6) is 0 Å². The summed E-state index contributed by atoms with van der Waals surface area (Å²) in [5.74, 6) is 0.884. The molecule has 1 aliphatic rings. The van der Waals surface area contributed by atoms with E-state index >= 15 is 0 Å². The van der Waals surface area contributed by atoms with E-state index in [9.17, 15) is 0 Å². The average molecular weight is 317 g/mol. The van der Waals surface area contributed by atoms with Crippen LogP contribution in [0.25, 0.3) is 0 Å². The minimum absolute atomic E-state index is 0.547. The van der Waals surface area contributed by atoms with Crippen LogP contribution in [0.15, 0.2) is 42.7 Å². The van der Waals surface area contributed by atoms with Crippen LogP contribution in [0.4, 0.5) is 0 Å². The largest absolute Gasteiger partial charge is 0.297 e. The number of nitrogens with zero attached hydrogens (tertiary/aromatic N) is 4. The fourth-order valence-corrected chi connectivity index (χ4v) is 3.14. The van der Waals surface area contributed by atoms with Crippen LogP contribution in [0.3, 0.4) is 0 Å². The van der Waals surface area contributed by atoms with Crippen LogP contribution in [-0.2, 0) is 13.1 Å². The molecule has 116 valence electrons. The molecular formula is C17H21ClN4. The van der Waals surface area contributed by atoms with Crippen LogP contribution < -0.4 is 0 Å². The van der Waals surface area contributed by atoms with Crippen molar-refractivity contribution in [2.24, 2.45) is 0 Å². The average Bonchev–Trinajstić information content (AvgIpc) is 2.99. The molecule has 1 aromatic carbocycles. The third-order valence-corrected chi connectivity index (χ3v) is 4.60. The quantitative estimate of drug-likeness (QED) is 0.849. The van der Waals surface area contributed by atoms with Crippen molar-refractivity contribution in [2.75, 3.05) is 20.1 Å². The monoisotopic (exact) mass is 316 g/mol. The molecule has 0 radical (unpaired) electrons. The number of hydrogen-bond donors (Lipinski definition) is 0. The molecule has 0 bridgehead atoms. The first-order valence-corrected chi connectivity index (χ1v) is 8.02. The van der Waals surface area contributed by atoms with Crippen LogP contribution >= 0.6 is 11.6 Å². The molecule has 2 heterocycles. The number of rotatable bonds is 5. The zero-order valence-electron chi connectivity index (χ0n) is 12.8. The Morgan fingerprint density at radius 2 is 2.00 bits per heavy atom. The summed E-state index contributed by atoms with van der Waals surface area (Å²) in [6, 6.07) is 10.5. The molecule has 3 rings (SSSR count). The van der Waals surface area contributed by atoms with E-state index in [1.54, 1.807) is 12.4 Å². The molecule has 0 aliphatic carbocycles. The SMILES string of the molecule is CN(Cc1ncccn1)[C@H]1CCN(Cc2ccccc2Cl)C1. The molecule has 0 unspecified atom stereocenters. The number of halogens is 1. The van der Waals surface area contributed by atoms with Crippen molar-refractivity contribution in [2.45, 2.75) is 25.6 Å². The first-order chi connectivity index (χ1) is 10.7. The Labute approximate surface area is 136 Å². The standard InChI is InChI=1S/C17H21ClN4/c1-21(13-17-19-8-4-9-20-17)15-7-10-22(12-15)11-14-5-2-3-6-16(14)18/h2-6,8-9,15H,7,10-13H2,1H3/t15-/m0/s1. The molecule has 0 saturated carbocycles.